The van der Waals surface area contributed by atoms with Crippen molar-refractivity contribution < 1.29 is 9.90 Å². The van der Waals surface area contributed by atoms with Crippen LogP contribution >= 0.6 is 0 Å². The molecule has 1 saturated heterocycles. The van der Waals surface area contributed by atoms with Crippen molar-refractivity contribution in [1.82, 2.24) is 5.32 Å². The Hall–Kier alpha value is -1.55. The highest BCUT2D eigenvalue weighted by Gasteiger charge is 2.11. The Morgan fingerprint density at radius 3 is 2.67 bits per heavy atom. The smallest absolute Gasteiger partial charge is 0.153 e. The minimum atomic E-state index is 0.0565. The second kappa shape index (κ2) is 4.31. The second-order valence-corrected chi connectivity index (χ2v) is 3.60. The fraction of sp³-hybridized carbons (Fsp3) is 0.364. The number of aldehydes is 1. The van der Waals surface area contributed by atoms with E-state index in [9.17, 15) is 9.90 Å². The third kappa shape index (κ3) is 2.10. The lowest BCUT2D eigenvalue weighted by Gasteiger charge is -2.29. The number of rotatable bonds is 2. The summed E-state index contributed by atoms with van der Waals surface area (Å²) in [6.07, 6.45) is 0.664. The Labute approximate surface area is 88.5 Å². The lowest BCUT2D eigenvalue weighted by Crippen LogP contribution is -2.43. The minimum absolute atomic E-state index is 0.0565. The van der Waals surface area contributed by atoms with E-state index in [1.165, 1.54) is 0 Å². The predicted molar refractivity (Wildman–Crippen MR) is 58.6 cm³/mol. The molecule has 1 aromatic rings. The zero-order chi connectivity index (χ0) is 10.7. The number of hydrogen-bond donors (Lipinski definition) is 2. The van der Waals surface area contributed by atoms with Crippen LogP contribution in [0, 0.1) is 0 Å². The van der Waals surface area contributed by atoms with Crippen molar-refractivity contribution in [2.75, 3.05) is 31.1 Å². The molecule has 1 fully saturated rings. The van der Waals surface area contributed by atoms with Gasteiger partial charge in [-0.2, -0.15) is 0 Å². The Bertz CT molecular complexity index is 360. The first-order valence-corrected chi connectivity index (χ1v) is 5.05. The van der Waals surface area contributed by atoms with Crippen LogP contribution in [-0.4, -0.2) is 37.6 Å². The van der Waals surface area contributed by atoms with Crippen molar-refractivity contribution in [3.8, 4) is 5.75 Å². The van der Waals surface area contributed by atoms with Gasteiger partial charge in [0, 0.05) is 37.9 Å². The highest BCUT2D eigenvalue weighted by atomic mass is 16.3. The first-order valence-electron chi connectivity index (χ1n) is 5.05. The van der Waals surface area contributed by atoms with E-state index in [-0.39, 0.29) is 5.75 Å². The second-order valence-electron chi connectivity index (χ2n) is 3.60. The molecule has 2 rings (SSSR count). The number of phenols is 1. The van der Waals surface area contributed by atoms with Gasteiger partial charge in [-0.3, -0.25) is 4.79 Å². The van der Waals surface area contributed by atoms with Crippen LogP contribution in [0.25, 0.3) is 0 Å². The Morgan fingerprint density at radius 2 is 2.07 bits per heavy atom. The molecule has 0 bridgehead atoms. The molecule has 0 aromatic heterocycles. The monoisotopic (exact) mass is 206 g/mol. The summed E-state index contributed by atoms with van der Waals surface area (Å²) in [5.41, 5.74) is 1.31. The summed E-state index contributed by atoms with van der Waals surface area (Å²) in [5.74, 6) is 0.0565. The molecule has 4 heteroatoms. The number of nitrogens with one attached hydrogen (secondary N) is 1. The first-order chi connectivity index (χ1) is 7.31. The van der Waals surface area contributed by atoms with Crippen molar-refractivity contribution in [3.63, 3.8) is 0 Å². The quantitative estimate of drug-likeness (QED) is 0.696. The van der Waals surface area contributed by atoms with Gasteiger partial charge in [0.05, 0.1) is 5.56 Å². The van der Waals surface area contributed by atoms with Crippen LogP contribution in [-0.2, 0) is 0 Å². The summed E-state index contributed by atoms with van der Waals surface area (Å²) in [6, 6.07) is 5.17. The molecule has 0 aliphatic carbocycles. The van der Waals surface area contributed by atoms with Crippen molar-refractivity contribution in [2.45, 2.75) is 0 Å². The number of carbonyl (C=O) groups is 1. The van der Waals surface area contributed by atoms with Crippen molar-refractivity contribution in [1.29, 1.82) is 0 Å². The number of anilines is 1. The van der Waals surface area contributed by atoms with E-state index < -0.39 is 0 Å². The van der Waals surface area contributed by atoms with E-state index in [4.69, 9.17) is 0 Å². The molecule has 1 aliphatic rings. The summed E-state index contributed by atoms with van der Waals surface area (Å²) >= 11 is 0. The van der Waals surface area contributed by atoms with Gasteiger partial charge in [-0.15, -0.1) is 0 Å². The van der Waals surface area contributed by atoms with Gasteiger partial charge in [0.15, 0.2) is 6.29 Å². The Morgan fingerprint density at radius 1 is 1.33 bits per heavy atom. The van der Waals surface area contributed by atoms with Gasteiger partial charge in [0.25, 0.3) is 0 Å². The molecule has 1 aliphatic heterocycles. The lowest BCUT2D eigenvalue weighted by atomic mass is 10.2. The summed E-state index contributed by atoms with van der Waals surface area (Å²) in [7, 11) is 0. The third-order valence-electron chi connectivity index (χ3n) is 2.62. The number of piperazine rings is 1. The molecule has 0 atom stereocenters. The van der Waals surface area contributed by atoms with Crippen LogP contribution in [0.5, 0.6) is 5.75 Å². The summed E-state index contributed by atoms with van der Waals surface area (Å²) in [5, 5.41) is 12.8. The van der Waals surface area contributed by atoms with Crippen LogP contribution in [0.3, 0.4) is 0 Å². The number of nitrogens with zero attached hydrogens (tertiary/aromatic N) is 1. The van der Waals surface area contributed by atoms with Crippen molar-refractivity contribution in [3.05, 3.63) is 23.8 Å². The van der Waals surface area contributed by atoms with E-state index in [0.717, 1.165) is 31.9 Å². The maximum Gasteiger partial charge on any atom is 0.153 e. The summed E-state index contributed by atoms with van der Waals surface area (Å²) < 4.78 is 0. The molecule has 0 amide bonds. The Kier molecular flexibility index (Phi) is 2.87. The predicted octanol–water partition coefficient (Wildman–Crippen LogP) is 0.614. The largest absolute Gasteiger partial charge is 0.507 e. The molecule has 4 nitrogen and oxygen atoms in total. The minimum Gasteiger partial charge on any atom is -0.507 e. The Balaban J connectivity index is 2.21. The fourth-order valence-electron chi connectivity index (χ4n) is 1.75. The zero-order valence-corrected chi connectivity index (χ0v) is 8.44. The van der Waals surface area contributed by atoms with Crippen LogP contribution in [0.15, 0.2) is 18.2 Å². The van der Waals surface area contributed by atoms with E-state index >= 15 is 0 Å². The third-order valence-corrected chi connectivity index (χ3v) is 2.62. The SMILES string of the molecule is O=Cc1ccc(N2CCNCC2)cc1O. The van der Waals surface area contributed by atoms with Gasteiger partial charge >= 0.3 is 0 Å². The molecule has 0 saturated carbocycles. The van der Waals surface area contributed by atoms with Crippen molar-refractivity contribution in [2.24, 2.45) is 0 Å². The lowest BCUT2D eigenvalue weighted by molar-refractivity contribution is 0.112. The van der Waals surface area contributed by atoms with Gasteiger partial charge < -0.3 is 15.3 Å². The van der Waals surface area contributed by atoms with Gasteiger partial charge in [0.1, 0.15) is 5.75 Å². The molecule has 1 heterocycles. The van der Waals surface area contributed by atoms with E-state index in [2.05, 4.69) is 10.2 Å². The number of hydrogen-bond acceptors (Lipinski definition) is 4. The molecule has 80 valence electrons. The molecule has 1 aromatic carbocycles. The first kappa shape index (κ1) is 9.98. The molecule has 15 heavy (non-hydrogen) atoms. The molecular weight excluding hydrogens is 192 g/mol. The van der Waals surface area contributed by atoms with Gasteiger partial charge in [-0.25, -0.2) is 0 Å². The standard InChI is InChI=1S/C11H14N2O2/c14-8-9-1-2-10(7-11(9)15)13-5-3-12-4-6-13/h1-2,7-8,12,15H,3-6H2. The van der Waals surface area contributed by atoms with Crippen LogP contribution < -0.4 is 10.2 Å². The topological polar surface area (TPSA) is 52.6 Å². The highest BCUT2D eigenvalue weighted by Crippen LogP contribution is 2.23. The van der Waals surface area contributed by atoms with Crippen LogP contribution in [0.1, 0.15) is 10.4 Å². The zero-order valence-electron chi connectivity index (χ0n) is 8.44. The molecule has 2 N–H and O–H groups in total. The maximum atomic E-state index is 10.5. The average Bonchev–Trinajstić information content (AvgIpc) is 2.30. The molecule has 0 radical (unpaired) electrons. The van der Waals surface area contributed by atoms with Gasteiger partial charge in [-0.1, -0.05) is 0 Å². The summed E-state index contributed by atoms with van der Waals surface area (Å²) in [6.45, 7) is 3.77. The van der Waals surface area contributed by atoms with E-state index in [1.54, 1.807) is 12.1 Å². The normalized spacial score (nSPS) is 16.4. The number of aromatic hydroxyl groups is 1. The maximum absolute atomic E-state index is 10.5. The van der Waals surface area contributed by atoms with Crippen LogP contribution in [0.2, 0.25) is 0 Å². The number of phenolic OH excluding ortho intramolecular Hbond substituents is 1. The number of benzene rings is 1. The average molecular weight is 206 g/mol. The fourth-order valence-corrected chi connectivity index (χ4v) is 1.75. The molecule has 0 spiro atoms. The van der Waals surface area contributed by atoms with Gasteiger partial charge in [-0.05, 0) is 12.1 Å². The summed E-state index contributed by atoms with van der Waals surface area (Å²) in [4.78, 5) is 12.7. The van der Waals surface area contributed by atoms with Gasteiger partial charge in [0.2, 0.25) is 0 Å². The van der Waals surface area contributed by atoms with E-state index in [0.29, 0.717) is 11.8 Å². The van der Waals surface area contributed by atoms with E-state index in [1.807, 2.05) is 6.07 Å². The highest BCUT2D eigenvalue weighted by molar-refractivity contribution is 5.80. The molecule has 0 unspecified atom stereocenters. The molecular formula is C11H14N2O2. The number of carbonyl (C=O) groups excluding carboxylic acids is 1. The van der Waals surface area contributed by atoms with Crippen molar-refractivity contribution >= 4 is 12.0 Å². The van der Waals surface area contributed by atoms with Crippen LogP contribution in [0.4, 0.5) is 5.69 Å².